The molecule has 3 rings (SSSR count). The number of aryl methyl sites for hydroxylation is 1. The maximum atomic E-state index is 11.2. The molecule has 0 aliphatic heterocycles. The number of aromatic amines is 1. The average molecular weight is 378 g/mol. The standard InChI is InChI=1S/C21H22N4O3/c1-13-8-18(28-12-21(2,3)20(26)27)23-11-17(13)14-4-6-15(7-5-14)19-24-10-16(9-22)25-19/h4,6-8,10-11,14H,5,12H2,1-3H3,(H,24,25)(H,26,27). The molecule has 144 valence electrons. The van der Waals surface area contributed by atoms with Gasteiger partial charge in [0.25, 0.3) is 0 Å². The van der Waals surface area contributed by atoms with Gasteiger partial charge in [0.1, 0.15) is 24.2 Å². The minimum absolute atomic E-state index is 0.0530. The van der Waals surface area contributed by atoms with Crippen molar-refractivity contribution in [2.45, 2.75) is 33.1 Å². The number of aromatic nitrogens is 3. The number of rotatable bonds is 6. The third kappa shape index (κ3) is 4.12. The van der Waals surface area contributed by atoms with E-state index in [0.717, 1.165) is 23.1 Å². The molecule has 2 N–H and O–H groups in total. The largest absolute Gasteiger partial charge is 0.481 e. The summed E-state index contributed by atoms with van der Waals surface area (Å²) in [5.74, 6) is 0.387. The quantitative estimate of drug-likeness (QED) is 0.794. The summed E-state index contributed by atoms with van der Waals surface area (Å²) in [6, 6.07) is 3.88. The van der Waals surface area contributed by atoms with Gasteiger partial charge in [0.15, 0.2) is 0 Å². The van der Waals surface area contributed by atoms with Gasteiger partial charge < -0.3 is 14.8 Å². The van der Waals surface area contributed by atoms with Crippen LogP contribution in [0.5, 0.6) is 5.88 Å². The fraction of sp³-hybridized carbons (Fsp3) is 0.333. The number of carboxylic acid groups (broad SMARTS) is 1. The van der Waals surface area contributed by atoms with Crippen LogP contribution in [0.2, 0.25) is 0 Å². The maximum absolute atomic E-state index is 11.2. The van der Waals surface area contributed by atoms with Crippen molar-refractivity contribution in [1.29, 1.82) is 5.26 Å². The molecule has 0 amide bonds. The molecule has 0 saturated heterocycles. The molecule has 0 fully saturated rings. The van der Waals surface area contributed by atoms with Gasteiger partial charge in [-0.05, 0) is 38.3 Å². The van der Waals surface area contributed by atoms with Gasteiger partial charge in [-0.1, -0.05) is 18.2 Å². The zero-order chi connectivity index (χ0) is 20.3. The zero-order valence-corrected chi connectivity index (χ0v) is 16.1. The summed E-state index contributed by atoms with van der Waals surface area (Å²) in [6.45, 7) is 5.28. The number of carboxylic acids is 1. The van der Waals surface area contributed by atoms with Crippen LogP contribution in [-0.2, 0) is 4.79 Å². The van der Waals surface area contributed by atoms with Gasteiger partial charge in [-0.15, -0.1) is 0 Å². The Hall–Kier alpha value is -3.40. The maximum Gasteiger partial charge on any atom is 0.312 e. The number of pyridine rings is 1. The Labute approximate surface area is 163 Å². The number of H-pyrrole nitrogens is 1. The summed E-state index contributed by atoms with van der Waals surface area (Å²) < 4.78 is 5.58. The SMILES string of the molecule is Cc1cc(OCC(C)(C)C(=O)O)ncc1C1C=CC(c2ncc(C#N)[nH]2)=CC1. The highest BCUT2D eigenvalue weighted by Gasteiger charge is 2.28. The van der Waals surface area contributed by atoms with Crippen molar-refractivity contribution >= 4 is 11.5 Å². The van der Waals surface area contributed by atoms with Crippen molar-refractivity contribution in [2.75, 3.05) is 6.61 Å². The van der Waals surface area contributed by atoms with Gasteiger partial charge in [-0.3, -0.25) is 4.79 Å². The minimum Gasteiger partial charge on any atom is -0.481 e. The molecular weight excluding hydrogens is 356 g/mol. The molecule has 28 heavy (non-hydrogen) atoms. The van der Waals surface area contributed by atoms with Crippen molar-refractivity contribution in [1.82, 2.24) is 15.0 Å². The van der Waals surface area contributed by atoms with E-state index in [2.05, 4.69) is 27.1 Å². The van der Waals surface area contributed by atoms with Crippen molar-refractivity contribution in [3.05, 3.63) is 59.3 Å². The van der Waals surface area contributed by atoms with E-state index in [9.17, 15) is 9.90 Å². The van der Waals surface area contributed by atoms with E-state index in [0.29, 0.717) is 17.4 Å². The van der Waals surface area contributed by atoms with E-state index in [4.69, 9.17) is 10.00 Å². The lowest BCUT2D eigenvalue weighted by molar-refractivity contribution is -0.148. The second-order valence-corrected chi connectivity index (χ2v) is 7.47. The van der Waals surface area contributed by atoms with Crippen LogP contribution < -0.4 is 4.74 Å². The van der Waals surface area contributed by atoms with E-state index in [1.807, 2.05) is 25.1 Å². The molecule has 1 atom stereocenters. The number of allylic oxidation sites excluding steroid dienone is 4. The summed E-state index contributed by atoms with van der Waals surface area (Å²) in [6.07, 6.45) is 10.3. The van der Waals surface area contributed by atoms with Crippen molar-refractivity contribution in [3.8, 4) is 11.9 Å². The number of hydrogen-bond acceptors (Lipinski definition) is 5. The molecule has 0 radical (unpaired) electrons. The third-order valence-corrected chi connectivity index (χ3v) is 4.76. The molecule has 2 aromatic rings. The number of hydrogen-bond donors (Lipinski definition) is 2. The smallest absolute Gasteiger partial charge is 0.312 e. The van der Waals surface area contributed by atoms with Crippen molar-refractivity contribution in [2.24, 2.45) is 5.41 Å². The number of carbonyl (C=O) groups is 1. The van der Waals surface area contributed by atoms with E-state index < -0.39 is 11.4 Å². The van der Waals surface area contributed by atoms with Crippen LogP contribution in [0.25, 0.3) is 5.57 Å². The normalized spacial score (nSPS) is 16.4. The number of aliphatic carboxylic acids is 1. The molecule has 0 spiro atoms. The van der Waals surface area contributed by atoms with Gasteiger partial charge in [0.2, 0.25) is 5.88 Å². The fourth-order valence-corrected chi connectivity index (χ4v) is 2.88. The molecule has 2 heterocycles. The van der Waals surface area contributed by atoms with Crippen molar-refractivity contribution in [3.63, 3.8) is 0 Å². The Balaban J connectivity index is 1.68. The summed E-state index contributed by atoms with van der Waals surface area (Å²) in [5.41, 5.74) is 2.55. The Kier molecular flexibility index (Phi) is 5.32. The lowest BCUT2D eigenvalue weighted by Crippen LogP contribution is -2.30. The third-order valence-electron chi connectivity index (χ3n) is 4.76. The molecule has 0 aromatic carbocycles. The lowest BCUT2D eigenvalue weighted by atomic mass is 9.88. The Morgan fingerprint density at radius 3 is 2.79 bits per heavy atom. The summed E-state index contributed by atoms with van der Waals surface area (Å²) in [7, 11) is 0. The average Bonchev–Trinajstić information content (AvgIpc) is 3.16. The van der Waals surface area contributed by atoms with Crippen LogP contribution in [0, 0.1) is 23.7 Å². The summed E-state index contributed by atoms with van der Waals surface area (Å²) in [5, 5.41) is 18.1. The van der Waals surface area contributed by atoms with Gasteiger partial charge in [-0.2, -0.15) is 5.26 Å². The highest BCUT2D eigenvalue weighted by Crippen LogP contribution is 2.32. The monoisotopic (exact) mass is 378 g/mol. The first-order valence-corrected chi connectivity index (χ1v) is 8.97. The van der Waals surface area contributed by atoms with Crippen LogP contribution in [-0.4, -0.2) is 32.6 Å². The van der Waals surface area contributed by atoms with Crippen LogP contribution in [0.4, 0.5) is 0 Å². The minimum atomic E-state index is -0.973. The van der Waals surface area contributed by atoms with Crippen LogP contribution in [0.15, 0.2) is 36.7 Å². The van der Waals surface area contributed by atoms with E-state index in [1.165, 1.54) is 6.20 Å². The van der Waals surface area contributed by atoms with Crippen LogP contribution >= 0.6 is 0 Å². The predicted octanol–water partition coefficient (Wildman–Crippen LogP) is 3.60. The zero-order valence-electron chi connectivity index (χ0n) is 16.1. The summed E-state index contributed by atoms with van der Waals surface area (Å²) >= 11 is 0. The molecule has 1 aliphatic carbocycles. The highest BCUT2D eigenvalue weighted by atomic mass is 16.5. The van der Waals surface area contributed by atoms with E-state index in [1.54, 1.807) is 20.0 Å². The molecule has 0 saturated carbocycles. The molecular formula is C21H22N4O3. The second-order valence-electron chi connectivity index (χ2n) is 7.47. The Morgan fingerprint density at radius 2 is 2.21 bits per heavy atom. The van der Waals surface area contributed by atoms with Gasteiger partial charge in [-0.25, -0.2) is 9.97 Å². The topological polar surface area (TPSA) is 112 Å². The number of nitrogens with zero attached hydrogens (tertiary/aromatic N) is 3. The van der Waals surface area contributed by atoms with E-state index >= 15 is 0 Å². The summed E-state index contributed by atoms with van der Waals surface area (Å²) in [4.78, 5) is 22.7. The van der Waals surface area contributed by atoms with Gasteiger partial charge in [0, 0.05) is 23.8 Å². The van der Waals surface area contributed by atoms with E-state index in [-0.39, 0.29) is 12.5 Å². The number of nitrogens with one attached hydrogen (secondary N) is 1. The molecule has 1 unspecified atom stereocenters. The van der Waals surface area contributed by atoms with Crippen LogP contribution in [0.3, 0.4) is 0 Å². The second kappa shape index (κ2) is 7.69. The number of imidazole rings is 1. The molecule has 1 aliphatic rings. The van der Waals surface area contributed by atoms with Gasteiger partial charge >= 0.3 is 5.97 Å². The molecule has 2 aromatic heterocycles. The van der Waals surface area contributed by atoms with Crippen molar-refractivity contribution < 1.29 is 14.6 Å². The first-order chi connectivity index (χ1) is 13.3. The molecule has 7 heteroatoms. The predicted molar refractivity (Wildman–Crippen MR) is 104 cm³/mol. The number of nitriles is 1. The van der Waals surface area contributed by atoms with Gasteiger partial charge in [0.05, 0.1) is 11.6 Å². The first-order valence-electron chi connectivity index (χ1n) is 8.97. The van der Waals surface area contributed by atoms with Crippen LogP contribution in [0.1, 0.15) is 48.8 Å². The molecule has 0 bridgehead atoms. The highest BCUT2D eigenvalue weighted by molar-refractivity contribution is 5.73. The fourth-order valence-electron chi connectivity index (χ4n) is 2.88. The molecule has 7 nitrogen and oxygen atoms in total. The lowest BCUT2D eigenvalue weighted by Gasteiger charge is -2.21. The number of ether oxygens (including phenoxy) is 1. The Bertz CT molecular complexity index is 995. The Morgan fingerprint density at radius 1 is 1.43 bits per heavy atom. The first kappa shape index (κ1) is 19.4.